The van der Waals surface area contributed by atoms with Crippen LogP contribution in [0, 0.1) is 0 Å². The Bertz CT molecular complexity index is 1020. The summed E-state index contributed by atoms with van der Waals surface area (Å²) in [5, 5.41) is 0. The minimum atomic E-state index is -0.351. The van der Waals surface area contributed by atoms with Gasteiger partial charge in [-0.1, -0.05) is 55.5 Å². The molecule has 0 bridgehead atoms. The molecule has 0 spiro atoms. The van der Waals surface area contributed by atoms with Crippen LogP contribution in [0.3, 0.4) is 0 Å². The summed E-state index contributed by atoms with van der Waals surface area (Å²) >= 11 is 0. The zero-order valence-corrected chi connectivity index (χ0v) is 17.5. The van der Waals surface area contributed by atoms with Crippen LogP contribution in [0.5, 0.6) is 5.75 Å². The first kappa shape index (κ1) is 19.3. The lowest BCUT2D eigenvalue weighted by Crippen LogP contribution is -2.55. The average molecular weight is 386 g/mol. The molecule has 29 heavy (non-hydrogen) atoms. The summed E-state index contributed by atoms with van der Waals surface area (Å²) in [4.78, 5) is 15.6. The lowest BCUT2D eigenvalue weighted by atomic mass is 9.65. The number of para-hydroxylation sites is 1. The van der Waals surface area contributed by atoms with Gasteiger partial charge in [0.1, 0.15) is 5.75 Å². The van der Waals surface area contributed by atoms with Gasteiger partial charge in [-0.2, -0.15) is 0 Å². The van der Waals surface area contributed by atoms with E-state index in [9.17, 15) is 4.79 Å². The SMILES string of the molecule is COc1ccc(C(=O)N2c3ccccc3[C@](C)(c3ccccc3)CC2(C)C)cc1. The number of ether oxygens (including phenoxy) is 1. The van der Waals surface area contributed by atoms with E-state index in [0.717, 1.165) is 17.9 Å². The number of amides is 1. The highest BCUT2D eigenvalue weighted by Gasteiger charge is 2.47. The van der Waals surface area contributed by atoms with E-state index < -0.39 is 0 Å². The van der Waals surface area contributed by atoms with Gasteiger partial charge in [0, 0.05) is 22.2 Å². The highest BCUT2D eigenvalue weighted by molar-refractivity contribution is 6.08. The van der Waals surface area contributed by atoms with E-state index in [0.29, 0.717) is 5.56 Å². The van der Waals surface area contributed by atoms with Crippen LogP contribution in [0.15, 0.2) is 78.9 Å². The molecule has 0 radical (unpaired) electrons. The summed E-state index contributed by atoms with van der Waals surface area (Å²) < 4.78 is 5.24. The number of hydrogen-bond donors (Lipinski definition) is 0. The number of methoxy groups -OCH3 is 1. The third-order valence-electron chi connectivity index (χ3n) is 6.08. The fraction of sp³-hybridized carbons (Fsp3) is 0.269. The van der Waals surface area contributed by atoms with E-state index in [1.807, 2.05) is 41.3 Å². The maximum Gasteiger partial charge on any atom is 0.258 e. The van der Waals surface area contributed by atoms with Crippen LogP contribution in [-0.2, 0) is 5.41 Å². The predicted octanol–water partition coefficient (Wildman–Crippen LogP) is 5.83. The first-order valence-corrected chi connectivity index (χ1v) is 10.0. The molecule has 3 heteroatoms. The molecule has 0 aliphatic carbocycles. The fourth-order valence-electron chi connectivity index (χ4n) is 4.81. The van der Waals surface area contributed by atoms with Crippen molar-refractivity contribution in [2.75, 3.05) is 12.0 Å². The van der Waals surface area contributed by atoms with Crippen molar-refractivity contribution in [3.05, 3.63) is 95.6 Å². The Balaban J connectivity index is 1.84. The number of hydrogen-bond acceptors (Lipinski definition) is 2. The third-order valence-corrected chi connectivity index (χ3v) is 6.08. The summed E-state index contributed by atoms with van der Waals surface area (Å²) in [6, 6.07) is 26.3. The number of benzene rings is 3. The van der Waals surface area contributed by atoms with Gasteiger partial charge in [-0.05, 0) is 61.7 Å². The highest BCUT2D eigenvalue weighted by Crippen LogP contribution is 2.50. The first-order valence-electron chi connectivity index (χ1n) is 10.0. The van der Waals surface area contributed by atoms with Crippen LogP contribution in [-0.4, -0.2) is 18.6 Å². The van der Waals surface area contributed by atoms with Gasteiger partial charge in [0.05, 0.1) is 7.11 Å². The van der Waals surface area contributed by atoms with E-state index in [1.165, 1.54) is 11.1 Å². The van der Waals surface area contributed by atoms with Crippen molar-refractivity contribution >= 4 is 11.6 Å². The molecule has 148 valence electrons. The van der Waals surface area contributed by atoms with E-state index in [4.69, 9.17) is 4.74 Å². The van der Waals surface area contributed by atoms with E-state index in [2.05, 4.69) is 63.2 Å². The molecule has 0 N–H and O–H groups in total. The van der Waals surface area contributed by atoms with Crippen molar-refractivity contribution in [3.8, 4) is 5.75 Å². The third kappa shape index (κ3) is 3.21. The molecule has 0 aromatic heterocycles. The van der Waals surface area contributed by atoms with E-state index in [-0.39, 0.29) is 16.9 Å². The zero-order chi connectivity index (χ0) is 20.6. The lowest BCUT2D eigenvalue weighted by molar-refractivity contribution is 0.0948. The van der Waals surface area contributed by atoms with Crippen molar-refractivity contribution in [2.45, 2.75) is 38.1 Å². The number of carbonyl (C=O) groups excluding carboxylic acids is 1. The second-order valence-electron chi connectivity index (χ2n) is 8.57. The fourth-order valence-corrected chi connectivity index (χ4v) is 4.81. The van der Waals surface area contributed by atoms with Gasteiger partial charge >= 0.3 is 0 Å². The summed E-state index contributed by atoms with van der Waals surface area (Å²) in [5.41, 5.74) is 3.59. The van der Waals surface area contributed by atoms with Crippen molar-refractivity contribution < 1.29 is 9.53 Å². The monoisotopic (exact) mass is 385 g/mol. The maximum atomic E-state index is 13.6. The number of fused-ring (bicyclic) bond motifs is 1. The van der Waals surface area contributed by atoms with Crippen molar-refractivity contribution in [1.29, 1.82) is 0 Å². The Morgan fingerprint density at radius 1 is 0.862 bits per heavy atom. The van der Waals surface area contributed by atoms with Crippen LogP contribution < -0.4 is 9.64 Å². The molecule has 1 aliphatic heterocycles. The van der Waals surface area contributed by atoms with Gasteiger partial charge in [0.15, 0.2) is 0 Å². The molecule has 4 rings (SSSR count). The summed E-state index contributed by atoms with van der Waals surface area (Å²) in [7, 11) is 1.63. The molecule has 0 saturated heterocycles. The smallest absolute Gasteiger partial charge is 0.258 e. The Hall–Kier alpha value is -3.07. The van der Waals surface area contributed by atoms with Crippen LogP contribution in [0.25, 0.3) is 0 Å². The minimum Gasteiger partial charge on any atom is -0.497 e. The van der Waals surface area contributed by atoms with Crippen LogP contribution in [0.4, 0.5) is 5.69 Å². The molecule has 3 aromatic carbocycles. The number of anilines is 1. The number of carbonyl (C=O) groups is 1. The summed E-state index contributed by atoms with van der Waals surface area (Å²) in [6.07, 6.45) is 0.836. The molecule has 1 heterocycles. The highest BCUT2D eigenvalue weighted by atomic mass is 16.5. The molecule has 1 atom stereocenters. The molecule has 1 amide bonds. The molecule has 3 nitrogen and oxygen atoms in total. The quantitative estimate of drug-likeness (QED) is 0.568. The van der Waals surface area contributed by atoms with Gasteiger partial charge in [0.25, 0.3) is 5.91 Å². The standard InChI is InChI=1S/C26H27NO2/c1-25(2)18-26(3,20-10-6-5-7-11-20)22-12-8-9-13-23(22)27(25)24(28)19-14-16-21(29-4)17-15-19/h5-17H,18H2,1-4H3/t26-/m0/s1. The lowest BCUT2D eigenvalue weighted by Gasteiger charge is -2.51. The Labute approximate surface area is 172 Å². The van der Waals surface area contributed by atoms with Gasteiger partial charge < -0.3 is 9.64 Å². The van der Waals surface area contributed by atoms with Crippen LogP contribution in [0.1, 0.15) is 48.7 Å². The minimum absolute atomic E-state index is 0.0141. The maximum absolute atomic E-state index is 13.6. The normalized spacial score (nSPS) is 20.1. The summed E-state index contributed by atoms with van der Waals surface area (Å²) in [5.74, 6) is 0.761. The van der Waals surface area contributed by atoms with E-state index in [1.54, 1.807) is 7.11 Å². The molecule has 3 aromatic rings. The van der Waals surface area contributed by atoms with Gasteiger partial charge in [-0.3, -0.25) is 4.79 Å². The van der Waals surface area contributed by atoms with Crippen LogP contribution in [0.2, 0.25) is 0 Å². The molecule has 0 fully saturated rings. The molecular weight excluding hydrogens is 358 g/mol. The zero-order valence-electron chi connectivity index (χ0n) is 17.5. The predicted molar refractivity (Wildman–Crippen MR) is 118 cm³/mol. The number of nitrogens with zero attached hydrogens (tertiary/aromatic N) is 1. The van der Waals surface area contributed by atoms with Crippen molar-refractivity contribution in [3.63, 3.8) is 0 Å². The largest absolute Gasteiger partial charge is 0.497 e. The molecule has 0 saturated carbocycles. The summed E-state index contributed by atoms with van der Waals surface area (Å²) in [6.45, 7) is 6.61. The second kappa shape index (κ2) is 7.07. The van der Waals surface area contributed by atoms with Gasteiger partial charge in [-0.15, -0.1) is 0 Å². The Morgan fingerprint density at radius 3 is 2.14 bits per heavy atom. The molecular formula is C26H27NO2. The second-order valence-corrected chi connectivity index (χ2v) is 8.57. The Kier molecular flexibility index (Phi) is 4.70. The van der Waals surface area contributed by atoms with Gasteiger partial charge in [0.2, 0.25) is 0 Å². The van der Waals surface area contributed by atoms with Gasteiger partial charge in [-0.25, -0.2) is 0 Å². The Morgan fingerprint density at radius 2 is 1.48 bits per heavy atom. The topological polar surface area (TPSA) is 29.5 Å². The first-order chi connectivity index (χ1) is 13.9. The molecule has 0 unspecified atom stereocenters. The molecule has 1 aliphatic rings. The average Bonchev–Trinajstić information content (AvgIpc) is 2.74. The van der Waals surface area contributed by atoms with Crippen molar-refractivity contribution in [2.24, 2.45) is 0 Å². The van der Waals surface area contributed by atoms with Crippen LogP contribution >= 0.6 is 0 Å². The van der Waals surface area contributed by atoms with E-state index >= 15 is 0 Å². The number of rotatable bonds is 3. The van der Waals surface area contributed by atoms with Crippen molar-refractivity contribution in [1.82, 2.24) is 0 Å².